The predicted molar refractivity (Wildman–Crippen MR) is 69.0 cm³/mol. The molecule has 1 unspecified atom stereocenters. The molecule has 1 aromatic rings. The van der Waals surface area contributed by atoms with Crippen LogP contribution in [0.2, 0.25) is 5.15 Å². The summed E-state index contributed by atoms with van der Waals surface area (Å²) in [6.07, 6.45) is 0. The van der Waals surface area contributed by atoms with Gasteiger partial charge in [0.2, 0.25) is 0 Å². The van der Waals surface area contributed by atoms with E-state index in [0.29, 0.717) is 22.8 Å². The number of aromatic nitrogens is 2. The Morgan fingerprint density at radius 2 is 1.69 bits per heavy atom. The van der Waals surface area contributed by atoms with Gasteiger partial charge in [-0.25, -0.2) is 9.97 Å². The van der Waals surface area contributed by atoms with Crippen molar-refractivity contribution in [3.63, 3.8) is 0 Å². The van der Waals surface area contributed by atoms with Gasteiger partial charge in [0.05, 0.1) is 11.4 Å². The van der Waals surface area contributed by atoms with Crippen LogP contribution in [0.1, 0.15) is 32.2 Å². The maximum Gasteiger partial charge on any atom is 0.171 e. The van der Waals surface area contributed by atoms with Gasteiger partial charge in [0.15, 0.2) is 11.0 Å². The van der Waals surface area contributed by atoms with Crippen molar-refractivity contribution in [1.82, 2.24) is 9.97 Å². The van der Waals surface area contributed by atoms with E-state index in [0.717, 1.165) is 17.9 Å². The van der Waals surface area contributed by atoms with Crippen molar-refractivity contribution in [2.45, 2.75) is 34.6 Å². The Balaban J connectivity index is 2.71. The van der Waals surface area contributed by atoms with Crippen LogP contribution in [-0.2, 0) is 0 Å². The molecule has 0 amide bonds. The van der Waals surface area contributed by atoms with Crippen molar-refractivity contribution in [3.05, 3.63) is 16.5 Å². The van der Waals surface area contributed by atoms with Gasteiger partial charge in [-0.15, -0.1) is 0 Å². The van der Waals surface area contributed by atoms with Crippen LogP contribution in [0.15, 0.2) is 0 Å². The fraction of sp³-hybridized carbons (Fsp3) is 0.667. The van der Waals surface area contributed by atoms with E-state index >= 15 is 0 Å². The largest absolute Gasteiger partial charge is 0.367 e. The molecule has 1 heterocycles. The molecule has 0 fully saturated rings. The lowest BCUT2D eigenvalue weighted by Crippen LogP contribution is -2.17. The van der Waals surface area contributed by atoms with Crippen molar-refractivity contribution >= 4 is 17.4 Å². The number of rotatable bonds is 4. The molecule has 0 saturated heterocycles. The Morgan fingerprint density at radius 3 is 2.25 bits per heavy atom. The second-order valence-electron chi connectivity index (χ2n) is 4.64. The van der Waals surface area contributed by atoms with Gasteiger partial charge in [-0.2, -0.15) is 0 Å². The topological polar surface area (TPSA) is 37.8 Å². The molecule has 1 atom stereocenters. The van der Waals surface area contributed by atoms with E-state index in [4.69, 9.17) is 11.6 Å². The molecule has 1 aromatic heterocycles. The summed E-state index contributed by atoms with van der Waals surface area (Å²) >= 11 is 6.03. The third kappa shape index (κ3) is 3.34. The molecule has 0 saturated carbocycles. The Morgan fingerprint density at radius 1 is 1.12 bits per heavy atom. The van der Waals surface area contributed by atoms with Crippen molar-refractivity contribution in [1.29, 1.82) is 0 Å². The van der Waals surface area contributed by atoms with E-state index < -0.39 is 0 Å². The highest BCUT2D eigenvalue weighted by atomic mass is 35.5. The molecule has 1 rings (SSSR count). The smallest absolute Gasteiger partial charge is 0.171 e. The Bertz CT molecular complexity index is 364. The molecule has 0 bridgehead atoms. The van der Waals surface area contributed by atoms with Gasteiger partial charge >= 0.3 is 0 Å². The molecular weight excluding hydrogens is 222 g/mol. The SMILES string of the molecule is Cc1nc(Cl)c(NCC(C)C(C)C)nc1C. The summed E-state index contributed by atoms with van der Waals surface area (Å²) in [6.45, 7) is 11.3. The number of nitrogens with one attached hydrogen (secondary N) is 1. The number of aryl methyl sites for hydroxylation is 2. The minimum absolute atomic E-state index is 0.457. The first-order valence-electron chi connectivity index (χ1n) is 5.66. The Hall–Kier alpha value is -0.830. The molecule has 0 aliphatic rings. The molecule has 0 radical (unpaired) electrons. The summed E-state index contributed by atoms with van der Waals surface area (Å²) in [5.74, 6) is 1.92. The highest BCUT2D eigenvalue weighted by Gasteiger charge is 2.10. The summed E-state index contributed by atoms with van der Waals surface area (Å²) in [5, 5.41) is 3.71. The summed E-state index contributed by atoms with van der Waals surface area (Å²) < 4.78 is 0. The lowest BCUT2D eigenvalue weighted by molar-refractivity contribution is 0.439. The molecule has 0 aliphatic carbocycles. The van der Waals surface area contributed by atoms with Crippen LogP contribution in [0.5, 0.6) is 0 Å². The zero-order valence-electron chi connectivity index (χ0n) is 10.6. The minimum Gasteiger partial charge on any atom is -0.367 e. The number of halogens is 1. The van der Waals surface area contributed by atoms with Gasteiger partial charge < -0.3 is 5.32 Å². The molecule has 16 heavy (non-hydrogen) atoms. The van der Waals surface area contributed by atoms with Crippen LogP contribution in [0.25, 0.3) is 0 Å². The third-order valence-electron chi connectivity index (χ3n) is 2.99. The minimum atomic E-state index is 0.457. The predicted octanol–water partition coefficient (Wildman–Crippen LogP) is 3.45. The quantitative estimate of drug-likeness (QED) is 0.878. The highest BCUT2D eigenvalue weighted by molar-refractivity contribution is 6.31. The fourth-order valence-corrected chi connectivity index (χ4v) is 1.42. The molecule has 90 valence electrons. The van der Waals surface area contributed by atoms with Gasteiger partial charge in [-0.3, -0.25) is 0 Å². The van der Waals surface area contributed by atoms with E-state index in [1.807, 2.05) is 13.8 Å². The normalized spacial score (nSPS) is 12.9. The van der Waals surface area contributed by atoms with Crippen LogP contribution in [-0.4, -0.2) is 16.5 Å². The van der Waals surface area contributed by atoms with Gasteiger partial charge in [0.25, 0.3) is 0 Å². The first-order chi connectivity index (χ1) is 7.41. The number of hydrogen-bond donors (Lipinski definition) is 1. The van der Waals surface area contributed by atoms with Crippen LogP contribution in [0, 0.1) is 25.7 Å². The molecule has 1 N–H and O–H groups in total. The second kappa shape index (κ2) is 5.48. The average Bonchev–Trinajstić information content (AvgIpc) is 2.20. The van der Waals surface area contributed by atoms with E-state index in [-0.39, 0.29) is 0 Å². The average molecular weight is 242 g/mol. The molecule has 0 aromatic carbocycles. The monoisotopic (exact) mass is 241 g/mol. The van der Waals surface area contributed by atoms with Gasteiger partial charge in [0.1, 0.15) is 0 Å². The zero-order valence-corrected chi connectivity index (χ0v) is 11.4. The van der Waals surface area contributed by atoms with Crippen molar-refractivity contribution in [2.75, 3.05) is 11.9 Å². The molecule has 3 nitrogen and oxygen atoms in total. The van der Waals surface area contributed by atoms with E-state index in [2.05, 4.69) is 36.1 Å². The summed E-state index contributed by atoms with van der Waals surface area (Å²) in [4.78, 5) is 8.63. The zero-order chi connectivity index (χ0) is 12.3. The van der Waals surface area contributed by atoms with Gasteiger partial charge in [-0.1, -0.05) is 32.4 Å². The first kappa shape index (κ1) is 13.2. The molecule has 0 spiro atoms. The lowest BCUT2D eigenvalue weighted by Gasteiger charge is -2.17. The summed E-state index contributed by atoms with van der Waals surface area (Å²) in [7, 11) is 0. The number of hydrogen-bond acceptors (Lipinski definition) is 3. The van der Waals surface area contributed by atoms with E-state index in [1.165, 1.54) is 0 Å². The van der Waals surface area contributed by atoms with Gasteiger partial charge in [0, 0.05) is 6.54 Å². The lowest BCUT2D eigenvalue weighted by atomic mass is 9.98. The molecule has 4 heteroatoms. The molecule has 0 aliphatic heterocycles. The van der Waals surface area contributed by atoms with Crippen LogP contribution in [0.4, 0.5) is 5.82 Å². The summed E-state index contributed by atoms with van der Waals surface area (Å²) in [6, 6.07) is 0. The summed E-state index contributed by atoms with van der Waals surface area (Å²) in [5.41, 5.74) is 1.80. The molecular formula is C12H20ClN3. The number of anilines is 1. The fourth-order valence-electron chi connectivity index (χ4n) is 1.18. The third-order valence-corrected chi connectivity index (χ3v) is 3.26. The van der Waals surface area contributed by atoms with Gasteiger partial charge in [-0.05, 0) is 25.7 Å². The number of nitrogens with zero attached hydrogens (tertiary/aromatic N) is 2. The first-order valence-corrected chi connectivity index (χ1v) is 6.04. The standard InChI is InChI=1S/C12H20ClN3/c1-7(2)8(3)6-14-12-11(13)15-9(4)10(5)16-12/h7-8H,6H2,1-5H3,(H,14,16). The second-order valence-corrected chi connectivity index (χ2v) is 4.99. The van der Waals surface area contributed by atoms with E-state index in [9.17, 15) is 0 Å². The van der Waals surface area contributed by atoms with Crippen LogP contribution < -0.4 is 5.32 Å². The maximum atomic E-state index is 6.03. The Kier molecular flexibility index (Phi) is 4.54. The Labute approximate surface area is 103 Å². The maximum absolute atomic E-state index is 6.03. The van der Waals surface area contributed by atoms with Crippen LogP contribution >= 0.6 is 11.6 Å². The highest BCUT2D eigenvalue weighted by Crippen LogP contribution is 2.19. The van der Waals surface area contributed by atoms with Crippen LogP contribution in [0.3, 0.4) is 0 Å². The van der Waals surface area contributed by atoms with Crippen molar-refractivity contribution < 1.29 is 0 Å². The van der Waals surface area contributed by atoms with Crippen molar-refractivity contribution in [2.24, 2.45) is 11.8 Å². The van der Waals surface area contributed by atoms with E-state index in [1.54, 1.807) is 0 Å². The van der Waals surface area contributed by atoms with Crippen molar-refractivity contribution in [3.8, 4) is 0 Å².